The number of ether oxygens (including phenoxy) is 5. The monoisotopic (exact) mass is 441 g/mol. The number of carbonyl (C=O) groups excluding carboxylic acids is 2. The maximum atomic E-state index is 11.8. The summed E-state index contributed by atoms with van der Waals surface area (Å²) in [5.41, 5.74) is 0.212. The minimum Gasteiger partial charge on any atom is -0.478 e. The molecule has 13 nitrogen and oxygen atoms in total. The molecule has 0 saturated carbocycles. The molecule has 5 atom stereocenters. The second kappa shape index (κ2) is 9.14. The summed E-state index contributed by atoms with van der Waals surface area (Å²) in [6.07, 6.45) is -4.87. The van der Waals surface area contributed by atoms with Gasteiger partial charge in [0.1, 0.15) is 17.4 Å². The number of hydrogen-bond acceptors (Lipinski definition) is 11. The number of rotatable bonds is 7. The van der Waals surface area contributed by atoms with Crippen molar-refractivity contribution in [2.75, 3.05) is 13.2 Å². The van der Waals surface area contributed by atoms with Crippen LogP contribution in [0.5, 0.6) is 5.75 Å². The van der Waals surface area contributed by atoms with Crippen LogP contribution in [0.25, 0.3) is 0 Å². The Hall–Kier alpha value is -3.45. The minimum absolute atomic E-state index is 0.0487. The van der Waals surface area contributed by atoms with Crippen molar-refractivity contribution in [3.63, 3.8) is 0 Å². The highest BCUT2D eigenvalue weighted by Crippen LogP contribution is 2.42. The van der Waals surface area contributed by atoms with Crippen LogP contribution in [0, 0.1) is 10.1 Å². The molecule has 2 aliphatic heterocycles. The molecule has 3 rings (SSSR count). The summed E-state index contributed by atoms with van der Waals surface area (Å²) in [4.78, 5) is 49.2. The topological polar surface area (TPSA) is 170 Å². The van der Waals surface area contributed by atoms with Gasteiger partial charge in [0.15, 0.2) is 6.10 Å². The summed E-state index contributed by atoms with van der Waals surface area (Å²) >= 11 is 0. The van der Waals surface area contributed by atoms with E-state index < -0.39 is 53.7 Å². The Labute approximate surface area is 174 Å². The molecule has 2 aliphatic rings. The van der Waals surface area contributed by atoms with Crippen molar-refractivity contribution in [3.05, 3.63) is 39.4 Å². The standard InChI is InChI=1S/C18H19NO12/c1-8(20)28-14-10(4-3-5-11(14)17(21)22)12-6-26-16-13(7-27-15(12)16)30-18(23)29-9(2)31-19(24)25/h3-5,9,12-13,15-16H,6-7H2,1-2H3,(H,21,22). The third kappa shape index (κ3) is 5.00. The smallest absolute Gasteiger partial charge is 0.478 e. The van der Waals surface area contributed by atoms with Gasteiger partial charge >= 0.3 is 18.1 Å². The first-order valence-electron chi connectivity index (χ1n) is 9.13. The summed E-state index contributed by atoms with van der Waals surface area (Å²) in [6, 6.07) is 4.42. The fourth-order valence-corrected chi connectivity index (χ4v) is 3.53. The largest absolute Gasteiger partial charge is 0.510 e. The van der Waals surface area contributed by atoms with Crippen molar-refractivity contribution >= 4 is 18.1 Å². The fraction of sp³-hybridized carbons (Fsp3) is 0.500. The van der Waals surface area contributed by atoms with Gasteiger partial charge in [-0.2, -0.15) is 0 Å². The van der Waals surface area contributed by atoms with E-state index in [2.05, 4.69) is 9.57 Å². The molecule has 0 spiro atoms. The third-order valence-corrected chi connectivity index (χ3v) is 4.67. The van der Waals surface area contributed by atoms with Crippen molar-refractivity contribution in [2.24, 2.45) is 0 Å². The van der Waals surface area contributed by atoms with Gasteiger partial charge < -0.3 is 28.8 Å². The Morgan fingerprint density at radius 3 is 2.58 bits per heavy atom. The van der Waals surface area contributed by atoms with E-state index in [0.29, 0.717) is 5.56 Å². The number of hydrogen-bond donors (Lipinski definition) is 1. The van der Waals surface area contributed by atoms with Gasteiger partial charge in [-0.1, -0.05) is 12.1 Å². The van der Waals surface area contributed by atoms with Gasteiger partial charge in [0.05, 0.1) is 19.3 Å². The molecule has 0 radical (unpaired) electrons. The minimum atomic E-state index is -1.47. The first kappa shape index (κ1) is 22.2. The third-order valence-electron chi connectivity index (χ3n) is 4.67. The van der Waals surface area contributed by atoms with Crippen LogP contribution in [0.1, 0.15) is 35.7 Å². The van der Waals surface area contributed by atoms with E-state index in [-0.39, 0.29) is 24.5 Å². The molecule has 31 heavy (non-hydrogen) atoms. The summed E-state index contributed by atoms with van der Waals surface area (Å²) in [5.74, 6) is -2.56. The quantitative estimate of drug-likeness (QED) is 0.212. The molecule has 2 heterocycles. The number of carboxylic acids is 1. The van der Waals surface area contributed by atoms with Crippen molar-refractivity contribution in [2.45, 2.75) is 44.4 Å². The maximum Gasteiger partial charge on any atom is 0.510 e. The second-order valence-electron chi connectivity index (χ2n) is 6.75. The molecule has 1 aromatic carbocycles. The molecule has 0 amide bonds. The predicted molar refractivity (Wildman–Crippen MR) is 95.8 cm³/mol. The molecule has 168 valence electrons. The second-order valence-corrected chi connectivity index (χ2v) is 6.75. The number of aromatic carboxylic acids is 1. The molecule has 1 N–H and O–H groups in total. The van der Waals surface area contributed by atoms with Gasteiger partial charge in [-0.3, -0.25) is 9.63 Å². The molecule has 0 aromatic heterocycles. The predicted octanol–water partition coefficient (Wildman–Crippen LogP) is 1.27. The molecule has 13 heteroatoms. The number of fused-ring (bicyclic) bond motifs is 1. The fourth-order valence-electron chi connectivity index (χ4n) is 3.53. The number of carboxylic acid groups (broad SMARTS) is 1. The molecule has 0 aliphatic carbocycles. The van der Waals surface area contributed by atoms with E-state index in [1.165, 1.54) is 12.1 Å². The van der Waals surface area contributed by atoms with Crippen LogP contribution in [0.15, 0.2) is 18.2 Å². The van der Waals surface area contributed by atoms with E-state index in [1.54, 1.807) is 6.07 Å². The van der Waals surface area contributed by atoms with Crippen LogP contribution in [0.3, 0.4) is 0 Å². The van der Waals surface area contributed by atoms with E-state index in [9.17, 15) is 29.6 Å². The van der Waals surface area contributed by atoms with Gasteiger partial charge in [-0.05, 0) is 13.0 Å². The first-order chi connectivity index (χ1) is 14.7. The van der Waals surface area contributed by atoms with Crippen molar-refractivity contribution in [1.29, 1.82) is 0 Å². The molecular weight excluding hydrogens is 422 g/mol. The van der Waals surface area contributed by atoms with Crippen molar-refractivity contribution in [1.82, 2.24) is 0 Å². The number of esters is 1. The van der Waals surface area contributed by atoms with Crippen LogP contribution >= 0.6 is 0 Å². The van der Waals surface area contributed by atoms with E-state index in [4.69, 9.17) is 18.9 Å². The lowest BCUT2D eigenvalue weighted by molar-refractivity contribution is -0.777. The van der Waals surface area contributed by atoms with Crippen LogP contribution in [0.2, 0.25) is 0 Å². The highest BCUT2D eigenvalue weighted by atomic mass is 17.0. The molecule has 2 saturated heterocycles. The van der Waals surface area contributed by atoms with Crippen LogP contribution in [-0.4, -0.2) is 66.1 Å². The highest BCUT2D eigenvalue weighted by molar-refractivity contribution is 5.92. The highest BCUT2D eigenvalue weighted by Gasteiger charge is 2.51. The molecular formula is C18H19NO12. The summed E-state index contributed by atoms with van der Waals surface area (Å²) < 4.78 is 26.3. The van der Waals surface area contributed by atoms with Crippen LogP contribution < -0.4 is 4.74 Å². The van der Waals surface area contributed by atoms with Crippen molar-refractivity contribution in [3.8, 4) is 5.75 Å². The van der Waals surface area contributed by atoms with Crippen LogP contribution in [-0.2, 0) is 28.6 Å². The number of nitrogens with zero attached hydrogens (tertiary/aromatic N) is 1. The maximum absolute atomic E-state index is 11.8. The Morgan fingerprint density at radius 2 is 1.94 bits per heavy atom. The van der Waals surface area contributed by atoms with E-state index in [1.807, 2.05) is 0 Å². The average Bonchev–Trinajstić information content (AvgIpc) is 3.23. The average molecular weight is 441 g/mol. The zero-order valence-electron chi connectivity index (χ0n) is 16.4. The Morgan fingerprint density at radius 1 is 1.23 bits per heavy atom. The van der Waals surface area contributed by atoms with Gasteiger partial charge in [-0.25, -0.2) is 9.59 Å². The lowest BCUT2D eigenvalue weighted by atomic mass is 9.91. The van der Waals surface area contributed by atoms with Crippen LogP contribution in [0.4, 0.5) is 4.79 Å². The van der Waals surface area contributed by atoms with Gasteiger partial charge in [-0.15, -0.1) is 10.1 Å². The zero-order valence-corrected chi connectivity index (χ0v) is 16.4. The van der Waals surface area contributed by atoms with Crippen molar-refractivity contribution < 1.29 is 53.1 Å². The summed E-state index contributed by atoms with van der Waals surface area (Å²) in [7, 11) is 0. The SMILES string of the molecule is CC(=O)Oc1c(C(=O)O)cccc1C1COC2C(OC(=O)OC(C)O[N+](=O)[O-])COC12. The van der Waals surface area contributed by atoms with Gasteiger partial charge in [0.2, 0.25) is 6.29 Å². The first-order valence-corrected chi connectivity index (χ1v) is 9.13. The number of carbonyl (C=O) groups is 3. The van der Waals surface area contributed by atoms with E-state index in [0.717, 1.165) is 13.8 Å². The zero-order chi connectivity index (χ0) is 22.7. The Kier molecular flexibility index (Phi) is 6.56. The van der Waals surface area contributed by atoms with Gasteiger partial charge in [0.25, 0.3) is 5.09 Å². The van der Waals surface area contributed by atoms with E-state index >= 15 is 0 Å². The lowest BCUT2D eigenvalue weighted by Gasteiger charge is -2.20. The number of benzene rings is 1. The normalized spacial score (nSPS) is 25.2. The molecule has 1 aromatic rings. The lowest BCUT2D eigenvalue weighted by Crippen LogP contribution is -2.34. The summed E-state index contributed by atoms with van der Waals surface area (Å²) in [6.45, 7) is 2.34. The molecule has 0 bridgehead atoms. The molecule has 5 unspecified atom stereocenters. The Bertz CT molecular complexity index is 886. The molecule has 2 fully saturated rings. The number of para-hydroxylation sites is 1. The van der Waals surface area contributed by atoms with Gasteiger partial charge in [0, 0.05) is 18.4 Å². The summed E-state index contributed by atoms with van der Waals surface area (Å²) in [5, 5.41) is 18.6. The Balaban J connectivity index is 1.73.